The first-order valence-corrected chi connectivity index (χ1v) is 13.3. The average molecular weight is 528 g/mol. The van der Waals surface area contributed by atoms with Crippen LogP contribution in [0.4, 0.5) is 11.4 Å². The van der Waals surface area contributed by atoms with Gasteiger partial charge in [0.1, 0.15) is 12.9 Å². The predicted molar refractivity (Wildman–Crippen MR) is 146 cm³/mol. The van der Waals surface area contributed by atoms with Crippen molar-refractivity contribution in [1.29, 1.82) is 0 Å². The van der Waals surface area contributed by atoms with Gasteiger partial charge in [0.2, 0.25) is 0 Å². The first-order valence-electron chi connectivity index (χ1n) is 11.9. The van der Waals surface area contributed by atoms with E-state index in [1.807, 2.05) is 49.4 Å². The molecule has 2 aromatic heterocycles. The molecule has 0 radical (unpaired) electrons. The summed E-state index contributed by atoms with van der Waals surface area (Å²) >= 11 is 0. The van der Waals surface area contributed by atoms with Crippen LogP contribution in [-0.2, 0) is 23.2 Å². The molecule has 0 saturated heterocycles. The fourth-order valence-corrected chi connectivity index (χ4v) is 5.05. The van der Waals surface area contributed by atoms with Gasteiger partial charge in [-0.15, -0.1) is 4.73 Å². The molecule has 0 aliphatic rings. The summed E-state index contributed by atoms with van der Waals surface area (Å²) in [5, 5.41) is 3.97. The third-order valence-corrected chi connectivity index (χ3v) is 7.29. The van der Waals surface area contributed by atoms with Crippen molar-refractivity contribution in [3.63, 3.8) is 0 Å². The van der Waals surface area contributed by atoms with Crippen LogP contribution in [0.5, 0.6) is 0 Å². The Morgan fingerprint density at radius 3 is 2.26 bits per heavy atom. The molecule has 3 aromatic carbocycles. The Bertz CT molecular complexity index is 1720. The molecule has 2 heterocycles. The van der Waals surface area contributed by atoms with Gasteiger partial charge in [-0.25, -0.2) is 18.4 Å². The van der Waals surface area contributed by atoms with Gasteiger partial charge in [0.05, 0.1) is 21.7 Å². The summed E-state index contributed by atoms with van der Waals surface area (Å²) in [6, 6.07) is 26.2. The zero-order valence-electron chi connectivity index (χ0n) is 20.5. The van der Waals surface area contributed by atoms with Crippen molar-refractivity contribution < 1.29 is 13.3 Å². The first-order chi connectivity index (χ1) is 18.4. The lowest BCUT2D eigenvalue weighted by Gasteiger charge is -2.15. The summed E-state index contributed by atoms with van der Waals surface area (Å²) in [5.41, 5.74) is 3.55. The Morgan fingerprint density at radius 2 is 1.55 bits per heavy atom. The molecule has 0 unspecified atom stereocenters. The van der Waals surface area contributed by atoms with Crippen molar-refractivity contribution in [1.82, 2.24) is 14.7 Å². The van der Waals surface area contributed by atoms with Crippen molar-refractivity contribution in [2.24, 2.45) is 0 Å². The maximum absolute atomic E-state index is 13.0. The Kier molecular flexibility index (Phi) is 7.05. The molecule has 2 N–H and O–H groups in total. The van der Waals surface area contributed by atoms with Crippen LogP contribution < -0.4 is 20.4 Å². The molecule has 38 heavy (non-hydrogen) atoms. The number of fused-ring (bicyclic) bond motifs is 1. The molecule has 0 spiro atoms. The van der Waals surface area contributed by atoms with Gasteiger partial charge >= 0.3 is 0 Å². The number of pyridine rings is 1. The molecule has 5 aromatic rings. The minimum Gasteiger partial charge on any atom is -0.404 e. The molecular formula is C28H25N5O4S. The number of nitrogens with one attached hydrogen (secondary N) is 2. The molecule has 0 aliphatic carbocycles. The summed E-state index contributed by atoms with van der Waals surface area (Å²) in [6.07, 6.45) is 1.40. The van der Waals surface area contributed by atoms with Gasteiger partial charge in [0, 0.05) is 18.3 Å². The Morgan fingerprint density at radius 1 is 0.868 bits per heavy atom. The highest BCUT2D eigenvalue weighted by Gasteiger charge is 2.15. The number of sulfonamides is 1. The zero-order chi connectivity index (χ0) is 26.5. The Labute approximate surface area is 219 Å². The van der Waals surface area contributed by atoms with Gasteiger partial charge in [0.25, 0.3) is 15.6 Å². The van der Waals surface area contributed by atoms with E-state index in [4.69, 9.17) is 4.84 Å². The lowest BCUT2D eigenvalue weighted by molar-refractivity contribution is 0.0979. The van der Waals surface area contributed by atoms with Crippen LogP contribution in [0.25, 0.3) is 11.0 Å². The van der Waals surface area contributed by atoms with Crippen LogP contribution in [0.2, 0.25) is 0 Å². The smallest absolute Gasteiger partial charge is 0.287 e. The molecule has 0 aliphatic heterocycles. The number of anilines is 2. The fourth-order valence-electron chi connectivity index (χ4n) is 3.97. The molecule has 0 fully saturated rings. The zero-order valence-corrected chi connectivity index (χ0v) is 21.4. The maximum atomic E-state index is 13.0. The second-order valence-corrected chi connectivity index (χ2v) is 10.3. The van der Waals surface area contributed by atoms with Crippen LogP contribution >= 0.6 is 0 Å². The number of benzene rings is 3. The van der Waals surface area contributed by atoms with Gasteiger partial charge in [-0.3, -0.25) is 9.52 Å². The number of rotatable bonds is 9. The molecule has 0 amide bonds. The van der Waals surface area contributed by atoms with Crippen LogP contribution in [0.3, 0.4) is 0 Å². The average Bonchev–Trinajstić information content (AvgIpc) is 2.93. The predicted octanol–water partition coefficient (Wildman–Crippen LogP) is 4.14. The molecule has 9 nitrogen and oxygen atoms in total. The van der Waals surface area contributed by atoms with Crippen molar-refractivity contribution in [3.05, 3.63) is 124 Å². The third-order valence-electron chi connectivity index (χ3n) is 5.89. The SMILES string of the molecule is Cc1ncnc2c1c(NCc1ccc(NS(=O)(=O)c3ccccc3)cc1)cc(=O)n2OCc1ccccc1. The number of hydrogen-bond acceptors (Lipinski definition) is 7. The monoisotopic (exact) mass is 527 g/mol. The second kappa shape index (κ2) is 10.7. The number of nitrogens with zero attached hydrogens (tertiary/aromatic N) is 3. The fraction of sp³-hybridized carbons (Fsp3) is 0.107. The van der Waals surface area contributed by atoms with E-state index in [-0.39, 0.29) is 17.1 Å². The van der Waals surface area contributed by atoms with E-state index < -0.39 is 10.0 Å². The normalized spacial score (nSPS) is 11.3. The van der Waals surface area contributed by atoms with Crippen molar-refractivity contribution in [2.75, 3.05) is 10.0 Å². The Balaban J connectivity index is 1.34. The molecule has 5 rings (SSSR count). The molecule has 192 valence electrons. The van der Waals surface area contributed by atoms with Gasteiger partial charge in [-0.05, 0) is 42.3 Å². The van der Waals surface area contributed by atoms with Crippen LogP contribution in [0.1, 0.15) is 16.8 Å². The van der Waals surface area contributed by atoms with E-state index >= 15 is 0 Å². The van der Waals surface area contributed by atoms with E-state index in [1.54, 1.807) is 30.3 Å². The van der Waals surface area contributed by atoms with E-state index in [9.17, 15) is 13.2 Å². The highest BCUT2D eigenvalue weighted by Crippen LogP contribution is 2.23. The van der Waals surface area contributed by atoms with Crippen molar-refractivity contribution in [2.45, 2.75) is 25.0 Å². The molecule has 10 heteroatoms. The van der Waals surface area contributed by atoms with Crippen molar-refractivity contribution in [3.8, 4) is 0 Å². The number of hydrogen-bond donors (Lipinski definition) is 2. The van der Waals surface area contributed by atoms with Crippen LogP contribution in [0.15, 0.2) is 107 Å². The summed E-state index contributed by atoms with van der Waals surface area (Å²) in [5.74, 6) is 0. The second-order valence-electron chi connectivity index (χ2n) is 8.58. The van der Waals surface area contributed by atoms with Crippen molar-refractivity contribution >= 4 is 32.4 Å². The summed E-state index contributed by atoms with van der Waals surface area (Å²) in [7, 11) is -3.67. The molecular weight excluding hydrogens is 502 g/mol. The summed E-state index contributed by atoms with van der Waals surface area (Å²) < 4.78 is 28.9. The van der Waals surface area contributed by atoms with Gasteiger partial charge in [-0.1, -0.05) is 60.7 Å². The van der Waals surface area contributed by atoms with E-state index in [0.717, 1.165) is 11.1 Å². The lowest BCUT2D eigenvalue weighted by atomic mass is 10.2. The minimum atomic E-state index is -3.67. The van der Waals surface area contributed by atoms with Gasteiger partial charge in [0.15, 0.2) is 5.65 Å². The highest BCUT2D eigenvalue weighted by atomic mass is 32.2. The van der Waals surface area contributed by atoms with Crippen LogP contribution in [-0.4, -0.2) is 23.1 Å². The summed E-state index contributed by atoms with van der Waals surface area (Å²) in [6.45, 7) is 2.45. The minimum absolute atomic E-state index is 0.192. The quantitative estimate of drug-likeness (QED) is 0.296. The number of aryl methyl sites for hydroxylation is 1. The molecule has 0 atom stereocenters. The Hall–Kier alpha value is -4.70. The largest absolute Gasteiger partial charge is 0.404 e. The standard InChI is InChI=1S/C28H25N5O4S/c1-20-27-25(16-26(34)33(28(27)31-19-30-20)37-18-22-8-4-2-5-9-22)29-17-21-12-14-23(15-13-21)32-38(35,36)24-10-6-3-7-11-24/h2-16,19,29,32H,17-18H2,1H3. The van der Waals surface area contributed by atoms with Gasteiger partial charge < -0.3 is 10.2 Å². The van der Waals surface area contributed by atoms with E-state index in [2.05, 4.69) is 20.0 Å². The van der Waals surface area contributed by atoms with E-state index in [0.29, 0.717) is 34.6 Å². The first kappa shape index (κ1) is 25.0. The number of aromatic nitrogens is 3. The van der Waals surface area contributed by atoms with Gasteiger partial charge in [-0.2, -0.15) is 0 Å². The third kappa shape index (κ3) is 5.50. The maximum Gasteiger partial charge on any atom is 0.287 e. The molecule has 0 bridgehead atoms. The summed E-state index contributed by atoms with van der Waals surface area (Å²) in [4.78, 5) is 27.6. The van der Waals surface area contributed by atoms with Crippen LogP contribution in [0, 0.1) is 6.92 Å². The lowest BCUT2D eigenvalue weighted by Crippen LogP contribution is -2.28. The topological polar surface area (TPSA) is 115 Å². The molecule has 0 saturated carbocycles. The highest BCUT2D eigenvalue weighted by molar-refractivity contribution is 7.92. The van der Waals surface area contributed by atoms with E-state index in [1.165, 1.54) is 29.3 Å².